The van der Waals surface area contributed by atoms with Crippen LogP contribution in [-0.2, 0) is 20.7 Å². The minimum atomic E-state index is -0.336. The van der Waals surface area contributed by atoms with Gasteiger partial charge in [-0.25, -0.2) is 4.98 Å². The number of nitrogens with zero attached hydrogens (tertiary/aromatic N) is 1. The third-order valence-corrected chi connectivity index (χ3v) is 6.41. The molecule has 0 unspecified atom stereocenters. The summed E-state index contributed by atoms with van der Waals surface area (Å²) in [5, 5.41) is 7.05. The predicted octanol–water partition coefficient (Wildman–Crippen LogP) is 6.16. The molecule has 2 aromatic heterocycles. The number of rotatable bonds is 8. The van der Waals surface area contributed by atoms with Gasteiger partial charge in [0.1, 0.15) is 0 Å². The fourth-order valence-corrected chi connectivity index (χ4v) is 4.60. The minimum absolute atomic E-state index is 0.0824. The van der Waals surface area contributed by atoms with Crippen molar-refractivity contribution in [2.75, 3.05) is 11.9 Å². The van der Waals surface area contributed by atoms with E-state index >= 15 is 0 Å². The van der Waals surface area contributed by atoms with Gasteiger partial charge in [0, 0.05) is 15.8 Å². The van der Waals surface area contributed by atoms with Crippen molar-refractivity contribution in [2.24, 2.45) is 0 Å². The number of aromatic nitrogens is 1. The number of thiazole rings is 1. The Kier molecular flexibility index (Phi) is 7.44. The molecule has 1 amide bonds. The summed E-state index contributed by atoms with van der Waals surface area (Å²) >= 11 is 2.85. The predicted molar refractivity (Wildman–Crippen MR) is 135 cm³/mol. The van der Waals surface area contributed by atoms with E-state index in [1.54, 1.807) is 23.6 Å². The molecule has 166 valence electrons. The van der Waals surface area contributed by atoms with Gasteiger partial charge in [-0.1, -0.05) is 60.7 Å². The van der Waals surface area contributed by atoms with Crippen LogP contribution >= 0.6 is 22.7 Å². The molecule has 4 aromatic rings. The molecule has 7 heteroatoms. The molecule has 0 aliphatic rings. The van der Waals surface area contributed by atoms with Gasteiger partial charge in [-0.2, -0.15) is 0 Å². The highest BCUT2D eigenvalue weighted by Gasteiger charge is 2.16. The number of thiophene rings is 1. The van der Waals surface area contributed by atoms with Crippen LogP contribution in [0, 0.1) is 0 Å². The highest BCUT2D eigenvalue weighted by atomic mass is 32.1. The maximum Gasteiger partial charge on any atom is 0.311 e. The quantitative estimate of drug-likeness (QED) is 0.245. The number of anilines is 1. The number of amides is 1. The van der Waals surface area contributed by atoms with Crippen LogP contribution in [0.5, 0.6) is 0 Å². The molecule has 0 saturated heterocycles. The molecule has 2 aromatic carbocycles. The molecule has 5 nitrogen and oxygen atoms in total. The molecule has 1 N–H and O–H groups in total. The van der Waals surface area contributed by atoms with E-state index in [2.05, 4.69) is 22.4 Å². The van der Waals surface area contributed by atoms with E-state index in [-0.39, 0.29) is 18.3 Å². The van der Waals surface area contributed by atoms with E-state index in [1.165, 1.54) is 11.3 Å². The zero-order valence-corrected chi connectivity index (χ0v) is 19.6. The van der Waals surface area contributed by atoms with Crippen molar-refractivity contribution >= 4 is 51.3 Å². The Bertz CT molecular complexity index is 1240. The fourth-order valence-electron chi connectivity index (χ4n) is 3.24. The third-order valence-electron chi connectivity index (χ3n) is 4.78. The lowest BCUT2D eigenvalue weighted by Gasteiger charge is -2.09. The van der Waals surface area contributed by atoms with Crippen LogP contribution in [0.3, 0.4) is 0 Å². The Balaban J connectivity index is 1.56. The smallest absolute Gasteiger partial charge is 0.311 e. The third kappa shape index (κ3) is 6.03. The molecule has 0 bridgehead atoms. The van der Waals surface area contributed by atoms with Crippen molar-refractivity contribution in [1.82, 2.24) is 4.98 Å². The SMILES string of the molecule is CCOC(=O)Cc1csc(NC(=O)C(=Cc2cccs2)c2ccc(-c3ccccc3)cc2)n1. The highest BCUT2D eigenvalue weighted by Crippen LogP contribution is 2.27. The van der Waals surface area contributed by atoms with Gasteiger partial charge < -0.3 is 4.74 Å². The van der Waals surface area contributed by atoms with E-state index in [4.69, 9.17) is 4.74 Å². The summed E-state index contributed by atoms with van der Waals surface area (Å²) in [5.74, 6) is -0.592. The van der Waals surface area contributed by atoms with Crippen LogP contribution in [0.1, 0.15) is 23.1 Å². The Labute approximate surface area is 200 Å². The molecule has 0 atom stereocenters. The van der Waals surface area contributed by atoms with E-state index in [0.29, 0.717) is 23.0 Å². The molecule has 33 heavy (non-hydrogen) atoms. The zero-order chi connectivity index (χ0) is 23.0. The summed E-state index contributed by atoms with van der Waals surface area (Å²) in [6.45, 7) is 2.09. The first-order valence-electron chi connectivity index (χ1n) is 10.4. The van der Waals surface area contributed by atoms with Gasteiger partial charge in [0.2, 0.25) is 0 Å². The number of nitrogens with one attached hydrogen (secondary N) is 1. The zero-order valence-electron chi connectivity index (χ0n) is 18.0. The van der Waals surface area contributed by atoms with Crippen LogP contribution in [0.25, 0.3) is 22.8 Å². The van der Waals surface area contributed by atoms with Gasteiger partial charge in [0.25, 0.3) is 5.91 Å². The van der Waals surface area contributed by atoms with Gasteiger partial charge in [0.15, 0.2) is 5.13 Å². The van der Waals surface area contributed by atoms with Crippen LogP contribution in [0.4, 0.5) is 5.13 Å². The molecule has 4 rings (SSSR count). The molecular formula is C26H22N2O3S2. The monoisotopic (exact) mass is 474 g/mol. The normalized spacial score (nSPS) is 11.2. The lowest BCUT2D eigenvalue weighted by molar-refractivity contribution is -0.142. The number of hydrogen-bond acceptors (Lipinski definition) is 6. The van der Waals surface area contributed by atoms with Crippen molar-refractivity contribution in [3.05, 3.63) is 93.6 Å². The molecule has 2 heterocycles. The second-order valence-electron chi connectivity index (χ2n) is 7.10. The van der Waals surface area contributed by atoms with Gasteiger partial charge in [0.05, 0.1) is 18.7 Å². The number of carbonyl (C=O) groups is 2. The summed E-state index contributed by atoms with van der Waals surface area (Å²) in [6, 6.07) is 22.0. The minimum Gasteiger partial charge on any atom is -0.466 e. The molecule has 0 spiro atoms. The number of hydrogen-bond donors (Lipinski definition) is 1. The first-order chi connectivity index (χ1) is 16.1. The average Bonchev–Trinajstić information content (AvgIpc) is 3.50. The lowest BCUT2D eigenvalue weighted by atomic mass is 9.99. The Hall–Kier alpha value is -3.55. The number of ether oxygens (including phenoxy) is 1. The molecule has 0 saturated carbocycles. The van der Waals surface area contributed by atoms with Gasteiger partial charge in [-0.15, -0.1) is 22.7 Å². The van der Waals surface area contributed by atoms with Crippen molar-refractivity contribution in [2.45, 2.75) is 13.3 Å². The summed E-state index contributed by atoms with van der Waals surface area (Å²) < 4.78 is 4.96. The van der Waals surface area contributed by atoms with Crippen molar-refractivity contribution in [1.29, 1.82) is 0 Å². The molecule has 0 aliphatic carbocycles. The Morgan fingerprint density at radius 2 is 1.73 bits per heavy atom. The lowest BCUT2D eigenvalue weighted by Crippen LogP contribution is -2.14. The van der Waals surface area contributed by atoms with E-state index < -0.39 is 0 Å². The molecule has 0 fully saturated rings. The Morgan fingerprint density at radius 1 is 0.970 bits per heavy atom. The number of carbonyl (C=O) groups excluding carboxylic acids is 2. The van der Waals surface area contributed by atoms with Crippen LogP contribution in [0.2, 0.25) is 0 Å². The second kappa shape index (κ2) is 10.8. The van der Waals surface area contributed by atoms with Crippen LogP contribution < -0.4 is 5.32 Å². The fraction of sp³-hybridized carbons (Fsp3) is 0.115. The van der Waals surface area contributed by atoms with E-state index in [9.17, 15) is 9.59 Å². The maximum atomic E-state index is 13.2. The first kappa shape index (κ1) is 22.6. The van der Waals surface area contributed by atoms with Crippen LogP contribution in [-0.4, -0.2) is 23.5 Å². The van der Waals surface area contributed by atoms with Crippen molar-refractivity contribution < 1.29 is 14.3 Å². The summed E-state index contributed by atoms with van der Waals surface area (Å²) in [6.07, 6.45) is 1.96. The van der Waals surface area contributed by atoms with Gasteiger partial charge in [-0.05, 0) is 41.1 Å². The van der Waals surface area contributed by atoms with E-state index in [0.717, 1.165) is 21.6 Å². The molecular weight excluding hydrogens is 452 g/mol. The largest absolute Gasteiger partial charge is 0.466 e. The van der Waals surface area contributed by atoms with Gasteiger partial charge >= 0.3 is 5.97 Å². The maximum absolute atomic E-state index is 13.2. The second-order valence-corrected chi connectivity index (χ2v) is 8.93. The highest BCUT2D eigenvalue weighted by molar-refractivity contribution is 7.14. The summed E-state index contributed by atoms with van der Waals surface area (Å²) in [7, 11) is 0. The molecule has 0 radical (unpaired) electrons. The number of esters is 1. The average molecular weight is 475 g/mol. The standard InChI is InChI=1S/C26H22N2O3S2/c1-2-31-24(29)15-21-17-33-26(27-21)28-25(30)23(16-22-9-6-14-32-22)20-12-10-19(11-13-20)18-7-4-3-5-8-18/h3-14,16-17H,2,15H2,1H3,(H,27,28,30). The van der Waals surface area contributed by atoms with Crippen molar-refractivity contribution in [3.8, 4) is 11.1 Å². The summed E-state index contributed by atoms with van der Waals surface area (Å²) in [4.78, 5) is 30.3. The topological polar surface area (TPSA) is 68.3 Å². The van der Waals surface area contributed by atoms with Crippen molar-refractivity contribution in [3.63, 3.8) is 0 Å². The summed E-state index contributed by atoms with van der Waals surface area (Å²) in [5.41, 5.74) is 4.13. The van der Waals surface area contributed by atoms with Gasteiger partial charge in [-0.3, -0.25) is 14.9 Å². The Morgan fingerprint density at radius 3 is 2.42 bits per heavy atom. The van der Waals surface area contributed by atoms with E-state index in [1.807, 2.05) is 66.1 Å². The number of benzene rings is 2. The van der Waals surface area contributed by atoms with Crippen LogP contribution in [0.15, 0.2) is 77.5 Å². The molecule has 0 aliphatic heterocycles. The first-order valence-corrected chi connectivity index (χ1v) is 12.2.